The Labute approximate surface area is 103 Å². The molecule has 0 saturated heterocycles. The molecule has 0 aromatic heterocycles. The summed E-state index contributed by atoms with van der Waals surface area (Å²) in [6.45, 7) is 6.77. The molecule has 0 aromatic carbocycles. The minimum absolute atomic E-state index is 0.0368. The highest BCUT2D eigenvalue weighted by Gasteiger charge is 2.36. The maximum Gasteiger partial charge on any atom is 0.302 e. The average Bonchev–Trinajstić information content (AvgIpc) is 2.34. The summed E-state index contributed by atoms with van der Waals surface area (Å²) in [6.07, 6.45) is 1.71. The molecule has 0 fully saturated rings. The molecule has 0 aromatic rings. The maximum atomic E-state index is 10.8. The number of ether oxygens (including phenoxy) is 1. The number of carbonyl (C=O) groups excluding carboxylic acids is 1. The molecule has 0 amide bonds. The fourth-order valence-electron chi connectivity index (χ4n) is 1.56. The molecule has 0 rings (SSSR count). The lowest BCUT2D eigenvalue weighted by atomic mass is 9.90. The third-order valence-electron chi connectivity index (χ3n) is 3.28. The van der Waals surface area contributed by atoms with Crippen molar-refractivity contribution in [1.29, 1.82) is 0 Å². The number of rotatable bonds is 8. The lowest BCUT2D eigenvalue weighted by Crippen LogP contribution is -2.63. The molecule has 3 N–H and O–H groups in total. The molecule has 0 radical (unpaired) electrons. The van der Waals surface area contributed by atoms with E-state index < -0.39 is 11.5 Å². The Morgan fingerprint density at radius 2 is 1.71 bits per heavy atom. The number of esters is 1. The van der Waals surface area contributed by atoms with Crippen LogP contribution in [0.25, 0.3) is 0 Å². The van der Waals surface area contributed by atoms with Gasteiger partial charge in [-0.15, -0.1) is 0 Å². The average molecular weight is 247 g/mol. The normalized spacial score (nSPS) is 12.6. The zero-order chi connectivity index (χ0) is 13.5. The molecule has 0 unspecified atom stereocenters. The summed E-state index contributed by atoms with van der Waals surface area (Å²) in [5.74, 6) is -0.423. The van der Waals surface area contributed by atoms with Crippen molar-refractivity contribution in [2.45, 2.75) is 51.6 Å². The van der Waals surface area contributed by atoms with Crippen LogP contribution in [0.2, 0.25) is 0 Å². The van der Waals surface area contributed by atoms with Gasteiger partial charge in [0.25, 0.3) is 0 Å². The van der Waals surface area contributed by atoms with Crippen LogP contribution >= 0.6 is 0 Å². The molecule has 0 heterocycles. The summed E-state index contributed by atoms with van der Waals surface area (Å²) in [6, 6.07) is 0. The van der Waals surface area contributed by atoms with E-state index in [1.165, 1.54) is 6.92 Å². The Bertz CT molecular complexity index is 235. The molecule has 5 nitrogen and oxygen atoms in total. The van der Waals surface area contributed by atoms with Crippen LogP contribution in [0.1, 0.15) is 40.5 Å². The van der Waals surface area contributed by atoms with Crippen molar-refractivity contribution in [2.24, 2.45) is 0 Å². The Hall–Kier alpha value is -0.650. The van der Waals surface area contributed by atoms with Crippen molar-refractivity contribution >= 4 is 5.97 Å². The standard InChI is InChI=1S/C12H25NO4/c1-5-11(4,6-2)13-12(7-14,8-15)9-17-10(3)16/h13-15H,5-9H2,1-4H3. The van der Waals surface area contributed by atoms with Crippen molar-refractivity contribution in [3.05, 3.63) is 0 Å². The smallest absolute Gasteiger partial charge is 0.302 e. The van der Waals surface area contributed by atoms with Crippen LogP contribution in [0.4, 0.5) is 0 Å². The number of hydrogen-bond donors (Lipinski definition) is 3. The molecule has 0 saturated carbocycles. The van der Waals surface area contributed by atoms with Crippen LogP contribution in [-0.2, 0) is 9.53 Å². The summed E-state index contributed by atoms with van der Waals surface area (Å²) in [5, 5.41) is 22.1. The van der Waals surface area contributed by atoms with Crippen molar-refractivity contribution in [1.82, 2.24) is 5.32 Å². The SMILES string of the molecule is CCC(C)(CC)NC(CO)(CO)COC(C)=O. The molecule has 0 aliphatic carbocycles. The fraction of sp³-hybridized carbons (Fsp3) is 0.917. The first-order valence-corrected chi connectivity index (χ1v) is 6.01. The predicted molar refractivity (Wildman–Crippen MR) is 65.7 cm³/mol. The molecule has 5 heteroatoms. The van der Waals surface area contributed by atoms with Crippen LogP contribution in [0.15, 0.2) is 0 Å². The van der Waals surface area contributed by atoms with E-state index in [2.05, 4.69) is 5.32 Å². The van der Waals surface area contributed by atoms with E-state index in [-0.39, 0.29) is 25.4 Å². The van der Waals surface area contributed by atoms with Crippen LogP contribution in [0.3, 0.4) is 0 Å². The second-order valence-electron chi connectivity index (χ2n) is 4.77. The van der Waals surface area contributed by atoms with Crippen molar-refractivity contribution in [2.75, 3.05) is 19.8 Å². The summed E-state index contributed by atoms with van der Waals surface area (Å²) >= 11 is 0. The summed E-state index contributed by atoms with van der Waals surface area (Å²) < 4.78 is 4.90. The van der Waals surface area contributed by atoms with E-state index in [0.29, 0.717) is 0 Å². The fourth-order valence-corrected chi connectivity index (χ4v) is 1.56. The lowest BCUT2D eigenvalue weighted by molar-refractivity contribution is -0.145. The van der Waals surface area contributed by atoms with Gasteiger partial charge in [-0.2, -0.15) is 0 Å². The van der Waals surface area contributed by atoms with Gasteiger partial charge in [0.2, 0.25) is 0 Å². The number of aliphatic hydroxyl groups is 2. The third kappa shape index (κ3) is 5.02. The van der Waals surface area contributed by atoms with Gasteiger partial charge in [0.1, 0.15) is 6.61 Å². The zero-order valence-corrected chi connectivity index (χ0v) is 11.2. The molecule has 0 bridgehead atoms. The number of carbonyl (C=O) groups is 1. The van der Waals surface area contributed by atoms with Crippen LogP contribution in [-0.4, -0.2) is 47.1 Å². The highest BCUT2D eigenvalue weighted by atomic mass is 16.5. The van der Waals surface area contributed by atoms with Gasteiger partial charge in [0.05, 0.1) is 18.8 Å². The summed E-state index contributed by atoms with van der Waals surface area (Å²) in [4.78, 5) is 10.8. The number of hydrogen-bond acceptors (Lipinski definition) is 5. The van der Waals surface area contributed by atoms with Gasteiger partial charge in [-0.3, -0.25) is 10.1 Å². The molecule has 102 valence electrons. The number of aliphatic hydroxyl groups excluding tert-OH is 2. The minimum Gasteiger partial charge on any atom is -0.464 e. The lowest BCUT2D eigenvalue weighted by Gasteiger charge is -2.40. The van der Waals surface area contributed by atoms with Gasteiger partial charge < -0.3 is 14.9 Å². The van der Waals surface area contributed by atoms with Crippen LogP contribution < -0.4 is 5.32 Å². The Balaban J connectivity index is 4.75. The van der Waals surface area contributed by atoms with Gasteiger partial charge in [0, 0.05) is 12.5 Å². The first kappa shape index (κ1) is 16.4. The molecular formula is C12H25NO4. The van der Waals surface area contributed by atoms with E-state index >= 15 is 0 Å². The first-order valence-electron chi connectivity index (χ1n) is 6.01. The molecule has 17 heavy (non-hydrogen) atoms. The second-order valence-corrected chi connectivity index (χ2v) is 4.77. The quantitative estimate of drug-likeness (QED) is 0.542. The minimum atomic E-state index is -0.980. The molecule has 0 aliphatic heterocycles. The molecular weight excluding hydrogens is 222 g/mol. The first-order chi connectivity index (χ1) is 7.87. The van der Waals surface area contributed by atoms with E-state index in [4.69, 9.17) is 4.74 Å². The van der Waals surface area contributed by atoms with E-state index in [1.54, 1.807) is 0 Å². The largest absolute Gasteiger partial charge is 0.464 e. The van der Waals surface area contributed by atoms with Crippen LogP contribution in [0.5, 0.6) is 0 Å². The maximum absolute atomic E-state index is 10.8. The predicted octanol–water partition coefficient (Wildman–Crippen LogP) is 0.441. The monoisotopic (exact) mass is 247 g/mol. The van der Waals surface area contributed by atoms with Gasteiger partial charge in [0.15, 0.2) is 0 Å². The van der Waals surface area contributed by atoms with Crippen molar-refractivity contribution in [3.8, 4) is 0 Å². The van der Waals surface area contributed by atoms with E-state index in [9.17, 15) is 15.0 Å². The Morgan fingerprint density at radius 3 is 2.00 bits per heavy atom. The van der Waals surface area contributed by atoms with Gasteiger partial charge in [-0.1, -0.05) is 13.8 Å². The van der Waals surface area contributed by atoms with Gasteiger partial charge in [-0.25, -0.2) is 0 Å². The highest BCUT2D eigenvalue weighted by molar-refractivity contribution is 5.66. The van der Waals surface area contributed by atoms with E-state index in [0.717, 1.165) is 12.8 Å². The highest BCUT2D eigenvalue weighted by Crippen LogP contribution is 2.19. The Morgan fingerprint density at radius 1 is 1.24 bits per heavy atom. The Kier molecular flexibility index (Phi) is 6.67. The summed E-state index contributed by atoms with van der Waals surface area (Å²) in [7, 11) is 0. The molecule has 0 atom stereocenters. The van der Waals surface area contributed by atoms with Gasteiger partial charge >= 0.3 is 5.97 Å². The second kappa shape index (κ2) is 6.93. The van der Waals surface area contributed by atoms with Crippen molar-refractivity contribution < 1.29 is 19.7 Å². The topological polar surface area (TPSA) is 78.8 Å². The third-order valence-corrected chi connectivity index (χ3v) is 3.28. The van der Waals surface area contributed by atoms with Crippen molar-refractivity contribution in [3.63, 3.8) is 0 Å². The van der Waals surface area contributed by atoms with E-state index in [1.807, 2.05) is 20.8 Å². The summed E-state index contributed by atoms with van der Waals surface area (Å²) in [5.41, 5.74) is -1.18. The van der Waals surface area contributed by atoms with Crippen LogP contribution in [0, 0.1) is 0 Å². The molecule has 0 aliphatic rings. The zero-order valence-electron chi connectivity index (χ0n) is 11.2. The number of nitrogens with one attached hydrogen (secondary N) is 1. The molecule has 0 spiro atoms. The van der Waals surface area contributed by atoms with Gasteiger partial charge in [-0.05, 0) is 19.8 Å².